The minimum atomic E-state index is -3.26. The lowest BCUT2D eigenvalue weighted by molar-refractivity contribution is -0.919. The maximum atomic E-state index is 12.2. The van der Waals surface area contributed by atoms with Crippen LogP contribution >= 0.6 is 17.0 Å². The molecule has 0 aliphatic carbocycles. The van der Waals surface area contributed by atoms with Crippen molar-refractivity contribution in [2.75, 3.05) is 31.9 Å². The Morgan fingerprint density at radius 1 is 0.963 bits per heavy atom. The van der Waals surface area contributed by atoms with Crippen LogP contribution < -0.4 is 0 Å². The zero-order chi connectivity index (χ0) is 19.9. The van der Waals surface area contributed by atoms with Crippen LogP contribution in [0.4, 0.5) is 0 Å². The molecule has 0 amide bonds. The zero-order valence-electron chi connectivity index (χ0n) is 18.3. The number of quaternary nitrogens is 1. The van der Waals surface area contributed by atoms with E-state index in [4.69, 9.17) is 0 Å². The molecule has 0 aromatic heterocycles. The van der Waals surface area contributed by atoms with Gasteiger partial charge in [-0.1, -0.05) is 65.4 Å². The third-order valence-corrected chi connectivity index (χ3v) is 6.94. The van der Waals surface area contributed by atoms with Gasteiger partial charge in [0.15, 0.2) is 0 Å². The highest BCUT2D eigenvalue weighted by Crippen LogP contribution is 2.18. The van der Waals surface area contributed by atoms with Crippen LogP contribution in [0, 0.1) is 0 Å². The summed E-state index contributed by atoms with van der Waals surface area (Å²) in [6.45, 7) is 16.7. The van der Waals surface area contributed by atoms with Crippen molar-refractivity contribution in [1.29, 1.82) is 0 Å². The normalized spacial score (nSPS) is 13.2. The maximum Gasteiger partial charge on any atom is 0.0970 e. The van der Waals surface area contributed by atoms with Crippen LogP contribution in [0.2, 0.25) is 0 Å². The van der Waals surface area contributed by atoms with Gasteiger partial charge in [0.2, 0.25) is 0 Å². The molecule has 0 fully saturated rings. The molecule has 27 heavy (non-hydrogen) atoms. The monoisotopic (exact) mass is 468 g/mol. The van der Waals surface area contributed by atoms with E-state index in [-0.39, 0.29) is 28.8 Å². The molecule has 1 unspecified atom stereocenters. The van der Waals surface area contributed by atoms with Gasteiger partial charge in [0.05, 0.1) is 36.2 Å². The van der Waals surface area contributed by atoms with Crippen LogP contribution in [0.15, 0.2) is 12.7 Å². The lowest BCUT2D eigenvalue weighted by atomic mass is 10.1. The highest BCUT2D eigenvalue weighted by molar-refractivity contribution is 8.93. The topological polar surface area (TPSA) is 48.2 Å². The molecule has 0 aliphatic rings. The van der Waals surface area contributed by atoms with Crippen molar-refractivity contribution in [3.8, 4) is 0 Å². The quantitative estimate of drug-likeness (QED) is 0.136. The van der Waals surface area contributed by atoms with Gasteiger partial charge in [-0.3, -0.25) is 0 Å². The Labute approximate surface area is 180 Å². The van der Waals surface area contributed by atoms with Gasteiger partial charge in [0, 0.05) is 5.75 Å². The number of hydrogen-bond donors (Lipinski definition) is 0. The standard InChI is InChI=1S/C21H44N2O2S.BrH/c1-6-10-11-12-13-14-15-20-26(24,25)22-21(5)17-16-19-23(8-3,9-4)18-7-2;/h7,21H,2,6,8-20H2,1,3-5H3;1H. The highest BCUT2D eigenvalue weighted by atomic mass is 79.9. The van der Waals surface area contributed by atoms with Crippen molar-refractivity contribution in [2.45, 2.75) is 91.5 Å². The summed E-state index contributed by atoms with van der Waals surface area (Å²) in [7, 11) is -3.26. The average molecular weight is 470 g/mol. The first-order chi connectivity index (χ1) is 12.3. The van der Waals surface area contributed by atoms with Crippen LogP contribution in [0.25, 0.3) is 4.72 Å². The Bertz CT molecular complexity index is 451. The summed E-state index contributed by atoms with van der Waals surface area (Å²) in [4.78, 5) is 0. The molecule has 0 heterocycles. The summed E-state index contributed by atoms with van der Waals surface area (Å²) >= 11 is 0. The zero-order valence-corrected chi connectivity index (χ0v) is 20.8. The molecule has 1 atom stereocenters. The van der Waals surface area contributed by atoms with E-state index in [1.807, 2.05) is 13.0 Å². The van der Waals surface area contributed by atoms with Crippen molar-refractivity contribution in [2.24, 2.45) is 0 Å². The largest absolute Gasteiger partial charge is 0.546 e. The summed E-state index contributed by atoms with van der Waals surface area (Å²) in [5.41, 5.74) is 0. The van der Waals surface area contributed by atoms with Gasteiger partial charge in [-0.2, -0.15) is 0 Å². The van der Waals surface area contributed by atoms with Gasteiger partial charge in [-0.05, 0) is 32.8 Å². The first-order valence-electron chi connectivity index (χ1n) is 10.8. The molecule has 0 spiro atoms. The number of nitrogens with zero attached hydrogens (tertiary/aromatic N) is 2. The maximum absolute atomic E-state index is 12.2. The minimum Gasteiger partial charge on any atom is -0.546 e. The van der Waals surface area contributed by atoms with Crippen LogP contribution in [-0.4, -0.2) is 50.9 Å². The molecule has 0 bridgehead atoms. The number of hydrogen-bond acceptors (Lipinski definition) is 2. The number of sulfonamides is 1. The number of rotatable bonds is 18. The summed E-state index contributed by atoms with van der Waals surface area (Å²) in [5, 5.41) is 0. The van der Waals surface area contributed by atoms with E-state index < -0.39 is 10.0 Å². The second-order valence-electron chi connectivity index (χ2n) is 7.67. The Morgan fingerprint density at radius 2 is 1.52 bits per heavy atom. The van der Waals surface area contributed by atoms with Gasteiger partial charge in [-0.15, -0.1) is 23.0 Å². The van der Waals surface area contributed by atoms with Crippen molar-refractivity contribution < 1.29 is 12.9 Å². The molecular formula is C21H45BrN2O2S. The molecule has 0 rings (SSSR count). The fourth-order valence-electron chi connectivity index (χ4n) is 3.51. The lowest BCUT2D eigenvalue weighted by Gasteiger charge is -2.37. The molecule has 0 aromatic rings. The average Bonchev–Trinajstić information content (AvgIpc) is 2.59. The molecule has 0 aromatic carbocycles. The smallest absolute Gasteiger partial charge is 0.0970 e. The van der Waals surface area contributed by atoms with E-state index in [0.29, 0.717) is 0 Å². The molecular weight excluding hydrogens is 424 g/mol. The van der Waals surface area contributed by atoms with Crippen LogP contribution in [0.1, 0.15) is 85.5 Å². The van der Waals surface area contributed by atoms with Gasteiger partial charge in [0.1, 0.15) is 0 Å². The Morgan fingerprint density at radius 3 is 2.04 bits per heavy atom. The van der Waals surface area contributed by atoms with E-state index in [1.165, 1.54) is 25.7 Å². The highest BCUT2D eigenvalue weighted by Gasteiger charge is 2.20. The molecule has 0 radical (unpaired) electrons. The molecule has 6 heteroatoms. The van der Waals surface area contributed by atoms with Gasteiger partial charge in [0.25, 0.3) is 0 Å². The van der Waals surface area contributed by atoms with Gasteiger partial charge < -0.3 is 9.21 Å². The summed E-state index contributed by atoms with van der Waals surface area (Å²) in [6.07, 6.45) is 11.8. The first-order valence-corrected chi connectivity index (χ1v) is 12.4. The number of unbranched alkanes of at least 4 members (excludes halogenated alkanes) is 6. The number of halogens is 1. The molecule has 0 N–H and O–H groups in total. The van der Waals surface area contributed by atoms with Crippen molar-refractivity contribution in [3.05, 3.63) is 17.4 Å². The SMILES string of the molecule is Br.C=CC[N+](CC)(CC)CCCC(C)[N-]S(=O)(=O)CCCCCCCCC. The second-order valence-corrected chi connectivity index (χ2v) is 9.46. The fraction of sp³-hybridized carbons (Fsp3) is 0.905. The first kappa shape index (κ1) is 29.3. The lowest BCUT2D eigenvalue weighted by Crippen LogP contribution is -2.48. The molecule has 164 valence electrons. The van der Waals surface area contributed by atoms with Crippen LogP contribution in [-0.2, 0) is 10.0 Å². The number of likely N-dealkylation sites (N-methyl/N-ethyl adjacent to an activating group) is 1. The van der Waals surface area contributed by atoms with Gasteiger partial charge >= 0.3 is 0 Å². The predicted octanol–water partition coefficient (Wildman–Crippen LogP) is 6.23. The van der Waals surface area contributed by atoms with E-state index >= 15 is 0 Å². The van der Waals surface area contributed by atoms with E-state index in [0.717, 1.165) is 62.8 Å². The fourth-order valence-corrected chi connectivity index (χ4v) is 4.83. The predicted molar refractivity (Wildman–Crippen MR) is 125 cm³/mol. The van der Waals surface area contributed by atoms with Crippen molar-refractivity contribution in [1.82, 2.24) is 0 Å². The molecule has 0 saturated carbocycles. The summed E-state index contributed by atoms with van der Waals surface area (Å²) < 4.78 is 29.5. The Balaban J connectivity index is 0. The van der Waals surface area contributed by atoms with E-state index in [1.54, 1.807) is 0 Å². The van der Waals surface area contributed by atoms with Gasteiger partial charge in [-0.25, -0.2) is 8.42 Å². The third kappa shape index (κ3) is 14.7. The Kier molecular flexibility index (Phi) is 18.4. The van der Waals surface area contributed by atoms with E-state index in [2.05, 4.69) is 32.1 Å². The van der Waals surface area contributed by atoms with Crippen molar-refractivity contribution >= 4 is 27.0 Å². The van der Waals surface area contributed by atoms with E-state index in [9.17, 15) is 8.42 Å². The van der Waals surface area contributed by atoms with Crippen LogP contribution in [0.3, 0.4) is 0 Å². The third-order valence-electron chi connectivity index (χ3n) is 5.46. The minimum absolute atomic E-state index is 0. The summed E-state index contributed by atoms with van der Waals surface area (Å²) in [5.74, 6) is 0.214. The van der Waals surface area contributed by atoms with Crippen LogP contribution in [0.5, 0.6) is 0 Å². The Hall–Kier alpha value is 0.0900. The summed E-state index contributed by atoms with van der Waals surface area (Å²) in [6, 6.07) is -0.108. The van der Waals surface area contributed by atoms with Crippen molar-refractivity contribution in [3.63, 3.8) is 0 Å². The second kappa shape index (κ2) is 17.0. The molecule has 0 aliphatic heterocycles. The molecule has 4 nitrogen and oxygen atoms in total. The molecule has 0 saturated heterocycles.